The van der Waals surface area contributed by atoms with Crippen molar-refractivity contribution >= 4 is 29.0 Å². The van der Waals surface area contributed by atoms with Gasteiger partial charge in [-0.05, 0) is 24.3 Å². The second-order valence-corrected chi connectivity index (χ2v) is 4.01. The van der Waals surface area contributed by atoms with Crippen molar-refractivity contribution in [1.29, 1.82) is 0 Å². The van der Waals surface area contributed by atoms with Gasteiger partial charge in [0.25, 0.3) is 5.91 Å². The molecule has 0 spiro atoms. The van der Waals surface area contributed by atoms with Crippen LogP contribution in [0, 0.1) is 11.6 Å². The number of amides is 1. The van der Waals surface area contributed by atoms with E-state index in [4.69, 9.17) is 17.3 Å². The predicted octanol–water partition coefficient (Wildman–Crippen LogP) is 2.85. The van der Waals surface area contributed by atoms with Crippen molar-refractivity contribution in [3.05, 3.63) is 52.7 Å². The van der Waals surface area contributed by atoms with Crippen molar-refractivity contribution in [2.24, 2.45) is 0 Å². The van der Waals surface area contributed by atoms with Gasteiger partial charge < -0.3 is 11.1 Å². The summed E-state index contributed by atoms with van der Waals surface area (Å²) in [6.07, 6.45) is 0. The topological polar surface area (TPSA) is 68.0 Å². The number of benzene rings is 1. The van der Waals surface area contributed by atoms with Gasteiger partial charge in [0, 0.05) is 0 Å². The fourth-order valence-corrected chi connectivity index (χ4v) is 1.60. The average Bonchev–Trinajstić information content (AvgIpc) is 2.34. The van der Waals surface area contributed by atoms with Gasteiger partial charge in [0.1, 0.15) is 22.4 Å². The van der Waals surface area contributed by atoms with E-state index in [1.54, 1.807) is 0 Å². The second kappa shape index (κ2) is 5.19. The van der Waals surface area contributed by atoms with Crippen molar-refractivity contribution in [1.82, 2.24) is 4.98 Å². The zero-order valence-corrected chi connectivity index (χ0v) is 10.2. The van der Waals surface area contributed by atoms with Crippen LogP contribution in [-0.2, 0) is 0 Å². The highest BCUT2D eigenvalue weighted by Crippen LogP contribution is 2.20. The van der Waals surface area contributed by atoms with Crippen LogP contribution in [-0.4, -0.2) is 10.9 Å². The molecular weight excluding hydrogens is 276 g/mol. The maximum atomic E-state index is 13.6. The number of aromatic nitrogens is 1. The van der Waals surface area contributed by atoms with Crippen molar-refractivity contribution in [2.75, 3.05) is 11.1 Å². The molecule has 0 saturated heterocycles. The Morgan fingerprint density at radius 1 is 1.26 bits per heavy atom. The van der Waals surface area contributed by atoms with Crippen LogP contribution in [0.2, 0.25) is 5.15 Å². The van der Waals surface area contributed by atoms with Crippen molar-refractivity contribution in [2.45, 2.75) is 0 Å². The number of carbonyl (C=O) groups excluding carboxylic acids is 1. The number of pyridine rings is 1. The molecule has 0 aliphatic rings. The molecule has 1 aromatic heterocycles. The lowest BCUT2D eigenvalue weighted by atomic mass is 10.1. The minimum Gasteiger partial charge on any atom is -0.396 e. The molecule has 98 valence electrons. The summed E-state index contributed by atoms with van der Waals surface area (Å²) >= 11 is 5.63. The molecule has 0 saturated carbocycles. The second-order valence-electron chi connectivity index (χ2n) is 3.63. The first-order valence-electron chi connectivity index (χ1n) is 5.16. The van der Waals surface area contributed by atoms with E-state index in [0.29, 0.717) is 0 Å². The van der Waals surface area contributed by atoms with Crippen LogP contribution in [0.15, 0.2) is 30.3 Å². The third kappa shape index (κ3) is 2.79. The highest BCUT2D eigenvalue weighted by atomic mass is 35.5. The molecule has 1 aromatic carbocycles. The predicted molar refractivity (Wildman–Crippen MR) is 68.0 cm³/mol. The maximum Gasteiger partial charge on any atom is 0.262 e. The molecule has 1 heterocycles. The monoisotopic (exact) mass is 283 g/mol. The summed E-state index contributed by atoms with van der Waals surface area (Å²) < 4.78 is 27.1. The maximum absolute atomic E-state index is 13.6. The Morgan fingerprint density at radius 2 is 2.00 bits per heavy atom. The number of carbonyl (C=O) groups is 1. The fourth-order valence-electron chi connectivity index (χ4n) is 1.43. The first-order valence-corrected chi connectivity index (χ1v) is 5.54. The summed E-state index contributed by atoms with van der Waals surface area (Å²) in [5.41, 5.74) is 4.21. The molecule has 2 aromatic rings. The Labute approximate surface area is 112 Å². The molecule has 0 aliphatic heterocycles. The Bertz CT molecular complexity index is 649. The molecule has 0 radical (unpaired) electrons. The Kier molecular flexibility index (Phi) is 3.62. The number of nitrogen functional groups attached to an aromatic ring is 1. The zero-order valence-electron chi connectivity index (χ0n) is 9.45. The lowest BCUT2D eigenvalue weighted by Gasteiger charge is -2.08. The quantitative estimate of drug-likeness (QED) is 0.658. The molecule has 4 nitrogen and oxygen atoms in total. The SMILES string of the molecule is Nc1ccc(F)c(C(=O)Nc2cccc(Cl)n2)c1F. The van der Waals surface area contributed by atoms with Gasteiger partial charge in [-0.15, -0.1) is 0 Å². The minimum atomic E-state index is -1.11. The smallest absolute Gasteiger partial charge is 0.262 e. The van der Waals surface area contributed by atoms with Gasteiger partial charge >= 0.3 is 0 Å². The van der Waals surface area contributed by atoms with Crippen molar-refractivity contribution in [3.63, 3.8) is 0 Å². The van der Waals surface area contributed by atoms with Crippen molar-refractivity contribution < 1.29 is 13.6 Å². The third-order valence-corrected chi connectivity index (χ3v) is 2.52. The average molecular weight is 284 g/mol. The number of hydrogen-bond donors (Lipinski definition) is 2. The molecule has 1 amide bonds. The highest BCUT2D eigenvalue weighted by molar-refractivity contribution is 6.29. The van der Waals surface area contributed by atoms with Gasteiger partial charge in [-0.2, -0.15) is 0 Å². The van der Waals surface area contributed by atoms with Gasteiger partial charge in [-0.25, -0.2) is 13.8 Å². The number of anilines is 2. The van der Waals surface area contributed by atoms with Crippen LogP contribution in [0.5, 0.6) is 0 Å². The molecule has 7 heteroatoms. The van der Waals surface area contributed by atoms with Crippen LogP contribution < -0.4 is 11.1 Å². The number of halogens is 3. The van der Waals surface area contributed by atoms with Crippen LogP contribution in [0.4, 0.5) is 20.3 Å². The standard InChI is InChI=1S/C12H8ClF2N3O/c13-8-2-1-3-9(17-8)18-12(19)10-6(14)4-5-7(16)11(10)15/h1-5H,16H2,(H,17,18,19). The first-order chi connectivity index (χ1) is 8.99. The van der Waals surface area contributed by atoms with E-state index in [-0.39, 0.29) is 16.7 Å². The molecule has 19 heavy (non-hydrogen) atoms. The lowest BCUT2D eigenvalue weighted by molar-refractivity contribution is 0.101. The normalized spacial score (nSPS) is 10.3. The van der Waals surface area contributed by atoms with E-state index in [1.807, 2.05) is 0 Å². The zero-order chi connectivity index (χ0) is 14.0. The molecule has 3 N–H and O–H groups in total. The van der Waals surface area contributed by atoms with E-state index in [1.165, 1.54) is 18.2 Å². The van der Waals surface area contributed by atoms with Gasteiger partial charge in [0.2, 0.25) is 0 Å². The van der Waals surface area contributed by atoms with Crippen LogP contribution in [0.1, 0.15) is 10.4 Å². The van der Waals surface area contributed by atoms with Gasteiger partial charge in [0.15, 0.2) is 5.82 Å². The molecule has 0 fully saturated rings. The van der Waals surface area contributed by atoms with E-state index in [2.05, 4.69) is 10.3 Å². The number of nitrogens with zero attached hydrogens (tertiary/aromatic N) is 1. The third-order valence-electron chi connectivity index (χ3n) is 2.30. The fraction of sp³-hybridized carbons (Fsp3) is 0. The molecule has 0 bridgehead atoms. The molecule has 0 aliphatic carbocycles. The summed E-state index contributed by atoms with van der Waals surface area (Å²) in [7, 11) is 0. The minimum absolute atomic E-state index is 0.0822. The van der Waals surface area contributed by atoms with Gasteiger partial charge in [-0.3, -0.25) is 4.79 Å². The number of nitrogens with one attached hydrogen (secondary N) is 1. The van der Waals surface area contributed by atoms with Crippen LogP contribution in [0.3, 0.4) is 0 Å². The van der Waals surface area contributed by atoms with E-state index < -0.39 is 23.1 Å². The van der Waals surface area contributed by atoms with Crippen LogP contribution >= 0.6 is 11.6 Å². The summed E-state index contributed by atoms with van der Waals surface area (Å²) in [4.78, 5) is 15.6. The van der Waals surface area contributed by atoms with E-state index in [0.717, 1.165) is 12.1 Å². The van der Waals surface area contributed by atoms with E-state index >= 15 is 0 Å². The Hall–Kier alpha value is -2.21. The Balaban J connectivity index is 2.33. The number of rotatable bonds is 2. The van der Waals surface area contributed by atoms with E-state index in [9.17, 15) is 13.6 Å². The first kappa shape index (κ1) is 13.2. The largest absolute Gasteiger partial charge is 0.396 e. The molecule has 2 rings (SSSR count). The number of hydrogen-bond acceptors (Lipinski definition) is 3. The Morgan fingerprint density at radius 3 is 2.68 bits per heavy atom. The summed E-state index contributed by atoms with van der Waals surface area (Å²) in [5.74, 6) is -3.03. The summed E-state index contributed by atoms with van der Waals surface area (Å²) in [6, 6.07) is 6.43. The molecule has 0 atom stereocenters. The summed E-state index contributed by atoms with van der Waals surface area (Å²) in [6.45, 7) is 0. The van der Waals surface area contributed by atoms with Crippen LogP contribution in [0.25, 0.3) is 0 Å². The van der Waals surface area contributed by atoms with Gasteiger partial charge in [-0.1, -0.05) is 17.7 Å². The summed E-state index contributed by atoms with van der Waals surface area (Å²) in [5, 5.41) is 2.38. The molecular formula is C12H8ClF2N3O. The van der Waals surface area contributed by atoms with Gasteiger partial charge in [0.05, 0.1) is 5.69 Å². The lowest BCUT2D eigenvalue weighted by Crippen LogP contribution is -2.17. The number of nitrogens with two attached hydrogens (primary N) is 1. The highest BCUT2D eigenvalue weighted by Gasteiger charge is 2.20. The van der Waals surface area contributed by atoms with Crippen molar-refractivity contribution in [3.8, 4) is 0 Å². The molecule has 0 unspecified atom stereocenters.